The molecular formula is C34H30BBr4NO2. The molecule has 0 radical (unpaired) electrons. The maximum absolute atomic E-state index is 13.5. The van der Waals surface area contributed by atoms with Crippen LogP contribution >= 0.6 is 63.7 Å². The molecule has 1 aromatic rings. The second-order valence-corrected chi connectivity index (χ2v) is 15.7. The molecule has 0 aliphatic heterocycles. The van der Waals surface area contributed by atoms with Gasteiger partial charge in [0.05, 0.1) is 0 Å². The van der Waals surface area contributed by atoms with E-state index in [1.54, 1.807) is 24.4 Å². The lowest BCUT2D eigenvalue weighted by molar-refractivity contribution is 0.0732. The minimum atomic E-state index is -0.758. The third kappa shape index (κ3) is 5.89. The summed E-state index contributed by atoms with van der Waals surface area (Å²) in [4.78, 5) is 17.8. The summed E-state index contributed by atoms with van der Waals surface area (Å²) in [5.74, 6) is -0.505. The van der Waals surface area contributed by atoms with Crippen LogP contribution in [-0.4, -0.2) is 17.9 Å². The second-order valence-electron chi connectivity index (χ2n) is 12.5. The number of halogens is 4. The third-order valence-corrected chi connectivity index (χ3v) is 11.0. The number of nitrogens with zero attached hydrogens (tertiary/aromatic N) is 1. The molecular weight excluding hydrogens is 785 g/mol. The number of carbonyl (C=O) groups excluding carboxylic acids is 1. The maximum atomic E-state index is 13.5. The van der Waals surface area contributed by atoms with Crippen LogP contribution < -0.4 is 10.9 Å². The summed E-state index contributed by atoms with van der Waals surface area (Å²) in [5.41, 5.74) is 8.47. The minimum absolute atomic E-state index is 0.00707. The van der Waals surface area contributed by atoms with E-state index >= 15 is 0 Å². The normalized spacial score (nSPS) is 12.1. The van der Waals surface area contributed by atoms with E-state index in [4.69, 9.17) is 4.65 Å². The van der Waals surface area contributed by atoms with Gasteiger partial charge in [-0.25, -0.2) is 9.78 Å². The molecule has 5 rings (SSSR count). The summed E-state index contributed by atoms with van der Waals surface area (Å²) in [6.45, 7) is 12.5. The average Bonchev–Trinajstić information content (AvgIpc) is 3.15. The van der Waals surface area contributed by atoms with E-state index in [1.165, 1.54) is 11.1 Å². The molecule has 3 nitrogen and oxygen atoms in total. The van der Waals surface area contributed by atoms with Crippen LogP contribution in [0.5, 0.6) is 0 Å². The van der Waals surface area contributed by atoms with Crippen molar-refractivity contribution in [1.29, 1.82) is 0 Å². The topological polar surface area (TPSA) is 39.2 Å². The lowest BCUT2D eigenvalue weighted by Crippen LogP contribution is -2.47. The number of fused-ring (bicyclic) bond motifs is 2. The molecule has 0 bridgehead atoms. The van der Waals surface area contributed by atoms with Crippen LogP contribution in [0.15, 0.2) is 90.8 Å². The zero-order chi connectivity index (χ0) is 30.6. The SMILES string of the molecule is CC(C)(C)c1ccc2c(Br)c(B(OC(=O)c3ccccn3)c3c(Br)c4ccc(C(C)(C)C)ccc-4c3Br)c(Br)c-2cc1. The fourth-order valence-electron chi connectivity index (χ4n) is 5.07. The van der Waals surface area contributed by atoms with Gasteiger partial charge in [-0.15, -0.1) is 0 Å². The van der Waals surface area contributed by atoms with Gasteiger partial charge in [-0.05, 0) is 67.3 Å². The molecule has 42 heavy (non-hydrogen) atoms. The van der Waals surface area contributed by atoms with Crippen molar-refractivity contribution in [2.75, 3.05) is 0 Å². The highest BCUT2D eigenvalue weighted by atomic mass is 79.9. The Bertz CT molecular complexity index is 1560. The van der Waals surface area contributed by atoms with Crippen LogP contribution in [0.1, 0.15) is 63.2 Å². The van der Waals surface area contributed by atoms with Gasteiger partial charge in [0.1, 0.15) is 5.69 Å². The summed E-state index contributed by atoms with van der Waals surface area (Å²) in [5, 5.41) is 0. The summed E-state index contributed by atoms with van der Waals surface area (Å²) in [7, 11) is 0. The molecule has 0 unspecified atom stereocenters. The Labute approximate surface area is 282 Å². The molecule has 214 valence electrons. The van der Waals surface area contributed by atoms with Crippen LogP contribution in [0.4, 0.5) is 0 Å². The molecule has 0 aromatic carbocycles. The fraction of sp³-hybridized carbons (Fsp3) is 0.235. The van der Waals surface area contributed by atoms with Gasteiger partial charge in [0.25, 0.3) is 0 Å². The number of aromatic nitrogens is 1. The Morgan fingerprint density at radius 1 is 0.619 bits per heavy atom. The summed E-state index contributed by atoms with van der Waals surface area (Å²) in [6, 6.07) is 22.4. The summed E-state index contributed by atoms with van der Waals surface area (Å²) < 4.78 is 9.83. The highest BCUT2D eigenvalue weighted by Gasteiger charge is 2.40. The highest BCUT2D eigenvalue weighted by molar-refractivity contribution is 9.11. The van der Waals surface area contributed by atoms with Gasteiger partial charge in [0, 0.05) is 24.1 Å². The molecule has 0 saturated heterocycles. The third-order valence-electron chi connectivity index (χ3n) is 7.55. The van der Waals surface area contributed by atoms with Crippen molar-refractivity contribution >= 4 is 87.5 Å². The molecule has 4 aliphatic rings. The molecule has 0 atom stereocenters. The Balaban J connectivity index is 1.75. The van der Waals surface area contributed by atoms with E-state index in [0.717, 1.165) is 51.1 Å². The first kappa shape index (κ1) is 31.4. The van der Waals surface area contributed by atoms with Crippen molar-refractivity contribution in [3.8, 4) is 22.3 Å². The number of rotatable bonds is 4. The van der Waals surface area contributed by atoms with Crippen molar-refractivity contribution in [3.05, 3.63) is 108 Å². The van der Waals surface area contributed by atoms with Crippen molar-refractivity contribution in [3.63, 3.8) is 0 Å². The van der Waals surface area contributed by atoms with Gasteiger partial charge < -0.3 is 4.65 Å². The van der Waals surface area contributed by atoms with Gasteiger partial charge in [-0.1, -0.05) is 160 Å². The average molecular weight is 815 g/mol. The molecule has 0 spiro atoms. The van der Waals surface area contributed by atoms with Crippen LogP contribution in [0.3, 0.4) is 0 Å². The Morgan fingerprint density at radius 3 is 1.31 bits per heavy atom. The Hall–Kier alpha value is -2.00. The van der Waals surface area contributed by atoms with Gasteiger partial charge in [0.2, 0.25) is 0 Å². The first-order valence-electron chi connectivity index (χ1n) is 13.6. The Kier molecular flexibility index (Phi) is 8.85. The van der Waals surface area contributed by atoms with Crippen LogP contribution in [-0.2, 0) is 15.5 Å². The lowest BCUT2D eigenvalue weighted by Gasteiger charge is -2.17. The molecule has 0 amide bonds. The number of hydrogen-bond donors (Lipinski definition) is 0. The highest BCUT2D eigenvalue weighted by Crippen LogP contribution is 2.42. The number of pyridine rings is 1. The maximum Gasteiger partial charge on any atom is 0.434 e. The van der Waals surface area contributed by atoms with Crippen molar-refractivity contribution < 1.29 is 9.45 Å². The molecule has 0 fully saturated rings. The predicted octanol–water partition coefficient (Wildman–Crippen LogP) is 9.90. The van der Waals surface area contributed by atoms with Crippen LogP contribution in [0.25, 0.3) is 22.3 Å². The first-order chi connectivity index (χ1) is 19.7. The van der Waals surface area contributed by atoms with E-state index in [2.05, 4.69) is 159 Å². The van der Waals surface area contributed by atoms with E-state index in [0.29, 0.717) is 0 Å². The zero-order valence-electron chi connectivity index (χ0n) is 24.3. The first-order valence-corrected chi connectivity index (χ1v) is 16.8. The largest absolute Gasteiger partial charge is 0.521 e. The predicted molar refractivity (Wildman–Crippen MR) is 189 cm³/mol. The van der Waals surface area contributed by atoms with E-state index < -0.39 is 12.9 Å². The van der Waals surface area contributed by atoms with E-state index in [-0.39, 0.29) is 16.5 Å². The Morgan fingerprint density at radius 2 is 1.00 bits per heavy atom. The minimum Gasteiger partial charge on any atom is -0.521 e. The van der Waals surface area contributed by atoms with E-state index in [1.807, 2.05) is 0 Å². The quantitative estimate of drug-likeness (QED) is 0.170. The van der Waals surface area contributed by atoms with Gasteiger partial charge in [-0.2, -0.15) is 0 Å². The molecule has 8 heteroatoms. The molecule has 1 aromatic heterocycles. The summed E-state index contributed by atoms with van der Waals surface area (Å²) in [6.07, 6.45) is 1.59. The van der Waals surface area contributed by atoms with Gasteiger partial charge >= 0.3 is 12.9 Å². The number of carbonyl (C=O) groups is 1. The van der Waals surface area contributed by atoms with Gasteiger partial charge in [0.15, 0.2) is 0 Å². The van der Waals surface area contributed by atoms with Crippen molar-refractivity contribution in [2.45, 2.75) is 52.4 Å². The van der Waals surface area contributed by atoms with Gasteiger partial charge in [-0.3, -0.25) is 0 Å². The molecule has 0 saturated carbocycles. The summed E-state index contributed by atoms with van der Waals surface area (Å²) >= 11 is 15.6. The second kappa shape index (κ2) is 11.8. The van der Waals surface area contributed by atoms with Crippen LogP contribution in [0.2, 0.25) is 0 Å². The fourth-order valence-corrected chi connectivity index (χ4v) is 8.61. The van der Waals surface area contributed by atoms with Crippen molar-refractivity contribution in [1.82, 2.24) is 4.98 Å². The zero-order valence-corrected chi connectivity index (χ0v) is 30.6. The standard InChI is InChI=1S/C34H30BBr4NO2/c1-33(2,3)19-10-14-21-22(15-11-19)29(37)26(28(21)36)35(42-32(41)25-9-7-8-18-40-25)27-30(38)23-16-12-20(34(4,5)6)13-17-24(23)31(27)39/h7-18H,1-6H3. The van der Waals surface area contributed by atoms with E-state index in [9.17, 15) is 4.79 Å². The molecule has 4 aliphatic carbocycles. The van der Waals surface area contributed by atoms with Crippen molar-refractivity contribution in [2.24, 2.45) is 0 Å². The molecule has 1 heterocycles. The monoisotopic (exact) mass is 811 g/mol. The molecule has 0 N–H and O–H groups in total. The lowest BCUT2D eigenvalue weighted by atomic mass is 9.56. The number of hydrogen-bond acceptors (Lipinski definition) is 3. The smallest absolute Gasteiger partial charge is 0.434 e. The van der Waals surface area contributed by atoms with Crippen LogP contribution in [0, 0.1) is 0 Å².